The molecule has 0 amide bonds. The van der Waals surface area contributed by atoms with Crippen LogP contribution in [0.3, 0.4) is 0 Å². The van der Waals surface area contributed by atoms with Crippen LogP contribution in [-0.2, 0) is 11.2 Å². The zero-order valence-electron chi connectivity index (χ0n) is 18.2. The predicted molar refractivity (Wildman–Crippen MR) is 111 cm³/mol. The van der Waals surface area contributed by atoms with Gasteiger partial charge in [-0.05, 0) is 41.5 Å². The van der Waals surface area contributed by atoms with Crippen LogP contribution in [0.2, 0.25) is 0 Å². The maximum Gasteiger partial charge on any atom is 0.203 e. The van der Waals surface area contributed by atoms with Crippen LogP contribution in [0.15, 0.2) is 12.1 Å². The number of phenols is 1. The Balaban J connectivity index is 2.16. The lowest BCUT2D eigenvalue weighted by atomic mass is 9.77. The lowest BCUT2D eigenvalue weighted by Gasteiger charge is -2.30. The van der Waals surface area contributed by atoms with Gasteiger partial charge < -0.3 is 33.5 Å². The molecule has 0 saturated carbocycles. The van der Waals surface area contributed by atoms with Crippen LogP contribution < -0.4 is 23.7 Å². The predicted octanol–water partition coefficient (Wildman–Crippen LogP) is 3.98. The largest absolute Gasteiger partial charge is 0.504 e. The van der Waals surface area contributed by atoms with Gasteiger partial charge in [0.25, 0.3) is 0 Å². The number of methoxy groups -OCH3 is 5. The van der Waals surface area contributed by atoms with E-state index in [9.17, 15) is 5.11 Å². The molecule has 0 spiro atoms. The molecule has 1 saturated heterocycles. The van der Waals surface area contributed by atoms with Crippen molar-refractivity contribution >= 4 is 0 Å². The maximum atomic E-state index is 11.3. The van der Waals surface area contributed by atoms with E-state index in [1.165, 1.54) is 7.11 Å². The van der Waals surface area contributed by atoms with Gasteiger partial charge in [0, 0.05) is 11.1 Å². The zero-order valence-corrected chi connectivity index (χ0v) is 18.2. The maximum absolute atomic E-state index is 11.3. The fourth-order valence-electron chi connectivity index (χ4n) is 4.80. The quantitative estimate of drug-likeness (QED) is 0.790. The minimum atomic E-state index is -0.153. The normalized spacial score (nSPS) is 21.7. The minimum Gasteiger partial charge on any atom is -0.504 e. The number of rotatable bonds is 5. The molecule has 1 heterocycles. The van der Waals surface area contributed by atoms with Crippen LogP contribution in [0.1, 0.15) is 24.2 Å². The molecule has 0 aromatic heterocycles. The molecular formula is C23H28O7. The molecule has 1 aliphatic carbocycles. The van der Waals surface area contributed by atoms with Gasteiger partial charge in [-0.2, -0.15) is 0 Å². The molecule has 4 rings (SSSR count). The van der Waals surface area contributed by atoms with E-state index in [0.29, 0.717) is 41.1 Å². The van der Waals surface area contributed by atoms with Gasteiger partial charge in [-0.1, -0.05) is 6.92 Å². The second kappa shape index (κ2) is 7.80. The van der Waals surface area contributed by atoms with E-state index in [0.717, 1.165) is 23.1 Å². The summed E-state index contributed by atoms with van der Waals surface area (Å²) in [5, 5.41) is 11.3. The van der Waals surface area contributed by atoms with Crippen molar-refractivity contribution in [3.8, 4) is 45.6 Å². The van der Waals surface area contributed by atoms with Gasteiger partial charge in [-0.15, -0.1) is 0 Å². The topological polar surface area (TPSA) is 75.6 Å². The van der Waals surface area contributed by atoms with E-state index >= 15 is 0 Å². The summed E-state index contributed by atoms with van der Waals surface area (Å²) in [5.74, 6) is 2.84. The Morgan fingerprint density at radius 1 is 0.833 bits per heavy atom. The fourth-order valence-corrected chi connectivity index (χ4v) is 4.80. The molecule has 162 valence electrons. The Kier molecular flexibility index (Phi) is 5.32. The molecule has 0 radical (unpaired) electrons. The average molecular weight is 416 g/mol. The number of ether oxygens (including phenoxy) is 6. The molecule has 0 unspecified atom stereocenters. The Morgan fingerprint density at radius 3 is 2.07 bits per heavy atom. The summed E-state index contributed by atoms with van der Waals surface area (Å²) in [6, 6.07) is 3.85. The van der Waals surface area contributed by atoms with Crippen molar-refractivity contribution in [3.05, 3.63) is 23.3 Å². The monoisotopic (exact) mass is 416 g/mol. The number of aromatic hydroxyl groups is 1. The Hall–Kier alpha value is -2.80. The van der Waals surface area contributed by atoms with Gasteiger partial charge in [-0.25, -0.2) is 0 Å². The molecule has 2 bridgehead atoms. The van der Waals surface area contributed by atoms with Gasteiger partial charge >= 0.3 is 0 Å². The summed E-state index contributed by atoms with van der Waals surface area (Å²) in [7, 11) is 7.81. The van der Waals surface area contributed by atoms with Crippen LogP contribution in [0.25, 0.3) is 11.1 Å². The SMILES string of the molecule is COc1cc2c(c(O)c1OC)-c1c(cc(OC)c(OC)c1OC)[C@@H]1OC[C@H](C2)[C@H]1C. The molecule has 1 N–H and O–H groups in total. The summed E-state index contributed by atoms with van der Waals surface area (Å²) in [5.41, 5.74) is 3.20. The van der Waals surface area contributed by atoms with Crippen LogP contribution >= 0.6 is 0 Å². The molecule has 7 heteroatoms. The van der Waals surface area contributed by atoms with Gasteiger partial charge in [0.2, 0.25) is 11.5 Å². The van der Waals surface area contributed by atoms with Crippen molar-refractivity contribution in [2.24, 2.45) is 11.8 Å². The van der Waals surface area contributed by atoms with Crippen LogP contribution in [0, 0.1) is 11.8 Å². The standard InChI is InChI=1S/C23H28O7/c1-11-13-7-12-8-15(25-2)21(27-4)19(24)17(12)18-14(20(11)30-10-13)9-16(26-3)22(28-5)23(18)29-6/h8-9,11,13,20,24H,7,10H2,1-6H3/t11-,13+,20-/m1/s1. The smallest absolute Gasteiger partial charge is 0.203 e. The number of hydrogen-bond donors (Lipinski definition) is 1. The van der Waals surface area contributed by atoms with Crippen LogP contribution in [0.5, 0.6) is 34.5 Å². The third-order valence-corrected chi connectivity index (χ3v) is 6.34. The number of phenolic OH excluding ortho intramolecular Hbond substituents is 1. The van der Waals surface area contributed by atoms with E-state index in [-0.39, 0.29) is 23.5 Å². The van der Waals surface area contributed by atoms with E-state index in [1.54, 1.807) is 28.4 Å². The lowest BCUT2D eigenvalue weighted by Crippen LogP contribution is -2.18. The Bertz CT molecular complexity index is 969. The van der Waals surface area contributed by atoms with Crippen molar-refractivity contribution < 1.29 is 33.5 Å². The molecule has 7 nitrogen and oxygen atoms in total. The van der Waals surface area contributed by atoms with E-state index in [2.05, 4.69) is 6.92 Å². The van der Waals surface area contributed by atoms with Gasteiger partial charge in [0.05, 0.1) is 48.3 Å². The lowest BCUT2D eigenvalue weighted by molar-refractivity contribution is 0.0936. The molecule has 3 atom stereocenters. The third-order valence-electron chi connectivity index (χ3n) is 6.34. The highest BCUT2D eigenvalue weighted by atomic mass is 16.5. The third kappa shape index (κ3) is 2.83. The average Bonchev–Trinajstić information content (AvgIpc) is 3.14. The second-order valence-electron chi connectivity index (χ2n) is 7.68. The number of hydrogen-bond acceptors (Lipinski definition) is 7. The summed E-state index contributed by atoms with van der Waals surface area (Å²) in [4.78, 5) is 0. The number of benzene rings is 2. The summed E-state index contributed by atoms with van der Waals surface area (Å²) < 4.78 is 34.2. The highest BCUT2D eigenvalue weighted by Crippen LogP contribution is 2.58. The van der Waals surface area contributed by atoms with E-state index in [4.69, 9.17) is 28.4 Å². The first-order chi connectivity index (χ1) is 14.5. The Morgan fingerprint density at radius 2 is 1.47 bits per heavy atom. The van der Waals surface area contributed by atoms with Crippen LogP contribution in [0.4, 0.5) is 0 Å². The fraction of sp³-hybridized carbons (Fsp3) is 0.478. The van der Waals surface area contributed by atoms with E-state index in [1.807, 2.05) is 12.1 Å². The van der Waals surface area contributed by atoms with Gasteiger partial charge in [-0.3, -0.25) is 0 Å². The molecule has 30 heavy (non-hydrogen) atoms. The van der Waals surface area contributed by atoms with Gasteiger partial charge in [0.15, 0.2) is 23.0 Å². The van der Waals surface area contributed by atoms with Crippen molar-refractivity contribution in [2.75, 3.05) is 42.2 Å². The highest BCUT2D eigenvalue weighted by Gasteiger charge is 2.42. The summed E-state index contributed by atoms with van der Waals surface area (Å²) >= 11 is 0. The van der Waals surface area contributed by atoms with E-state index < -0.39 is 0 Å². The minimum absolute atomic E-state index is 0.00701. The highest BCUT2D eigenvalue weighted by molar-refractivity contribution is 5.88. The van der Waals surface area contributed by atoms with Crippen molar-refractivity contribution in [1.29, 1.82) is 0 Å². The number of fused-ring (bicyclic) bond motifs is 6. The van der Waals surface area contributed by atoms with Crippen molar-refractivity contribution in [2.45, 2.75) is 19.4 Å². The van der Waals surface area contributed by atoms with Gasteiger partial charge in [0.1, 0.15) is 0 Å². The summed E-state index contributed by atoms with van der Waals surface area (Å²) in [6.07, 6.45) is 0.581. The zero-order chi connectivity index (χ0) is 21.6. The van der Waals surface area contributed by atoms with Crippen LogP contribution in [-0.4, -0.2) is 47.3 Å². The first-order valence-corrected chi connectivity index (χ1v) is 9.92. The first kappa shape index (κ1) is 20.5. The van der Waals surface area contributed by atoms with Crippen molar-refractivity contribution in [1.82, 2.24) is 0 Å². The second-order valence-corrected chi connectivity index (χ2v) is 7.68. The molecule has 1 fully saturated rings. The molecule has 2 aromatic carbocycles. The Labute approximate surface area is 176 Å². The molecule has 2 aliphatic rings. The van der Waals surface area contributed by atoms with Crippen molar-refractivity contribution in [3.63, 3.8) is 0 Å². The first-order valence-electron chi connectivity index (χ1n) is 9.92. The summed E-state index contributed by atoms with van der Waals surface area (Å²) in [6.45, 7) is 2.83. The molecule has 2 aromatic rings. The molecular weight excluding hydrogens is 388 g/mol. The molecule has 1 aliphatic heterocycles.